The second kappa shape index (κ2) is 14.0. The monoisotopic (exact) mass is 594 g/mol. The minimum absolute atomic E-state index is 0.0390. The number of aliphatic imine (C=N–C) groups is 1. The number of pyridine rings is 1. The molecule has 2 aliphatic rings. The maximum Gasteiger partial charge on any atom is 0.407 e. The molecule has 0 spiro atoms. The van der Waals surface area contributed by atoms with Gasteiger partial charge in [0, 0.05) is 41.9 Å². The van der Waals surface area contributed by atoms with Crippen LogP contribution in [-0.2, 0) is 22.6 Å². The quantitative estimate of drug-likeness (QED) is 0.276. The molecule has 2 aromatic carbocycles. The first-order valence-corrected chi connectivity index (χ1v) is 15.1. The van der Waals surface area contributed by atoms with Crippen LogP contribution in [-0.4, -0.2) is 46.7 Å². The van der Waals surface area contributed by atoms with Crippen LogP contribution in [0.5, 0.6) is 0 Å². The summed E-state index contributed by atoms with van der Waals surface area (Å²) in [5.41, 5.74) is 11.6. The van der Waals surface area contributed by atoms with E-state index in [0.717, 1.165) is 35.2 Å². The Morgan fingerprint density at radius 2 is 1.82 bits per heavy atom. The lowest BCUT2D eigenvalue weighted by Crippen LogP contribution is -2.34. The van der Waals surface area contributed by atoms with Crippen LogP contribution in [0.2, 0.25) is 0 Å². The molecular formula is C34H38N6O4. The number of hydrogen-bond acceptors (Lipinski definition) is 7. The van der Waals surface area contributed by atoms with Crippen molar-refractivity contribution in [1.82, 2.24) is 15.2 Å². The molecule has 2 heterocycles. The molecule has 1 aromatic heterocycles. The largest absolute Gasteiger partial charge is 0.445 e. The van der Waals surface area contributed by atoms with Gasteiger partial charge in [-0.2, -0.15) is 0 Å². The van der Waals surface area contributed by atoms with Gasteiger partial charge in [-0.3, -0.25) is 14.6 Å². The molecule has 4 N–H and O–H groups in total. The van der Waals surface area contributed by atoms with E-state index in [1.807, 2.05) is 61.2 Å². The van der Waals surface area contributed by atoms with Crippen molar-refractivity contribution in [2.24, 2.45) is 10.7 Å². The number of fused-ring (bicyclic) bond motifs is 2. The van der Waals surface area contributed by atoms with Gasteiger partial charge < -0.3 is 26.0 Å². The Labute approximate surface area is 257 Å². The number of rotatable bonds is 10. The zero-order valence-corrected chi connectivity index (χ0v) is 25.1. The predicted molar refractivity (Wildman–Crippen MR) is 170 cm³/mol. The van der Waals surface area contributed by atoms with Crippen molar-refractivity contribution in [3.63, 3.8) is 0 Å². The number of nitrogens with two attached hydrogens (primary N) is 1. The highest BCUT2D eigenvalue weighted by atomic mass is 16.5. The summed E-state index contributed by atoms with van der Waals surface area (Å²) < 4.78 is 5.39. The van der Waals surface area contributed by atoms with E-state index in [2.05, 4.69) is 20.6 Å². The Hall–Kier alpha value is -4.99. The van der Waals surface area contributed by atoms with Gasteiger partial charge in [0.2, 0.25) is 5.91 Å². The molecule has 10 heteroatoms. The number of hydrogen-bond donors (Lipinski definition) is 3. The van der Waals surface area contributed by atoms with Gasteiger partial charge >= 0.3 is 6.09 Å². The zero-order chi connectivity index (χ0) is 31.1. The van der Waals surface area contributed by atoms with Crippen molar-refractivity contribution >= 4 is 41.2 Å². The second-order valence-electron chi connectivity index (χ2n) is 11.0. The van der Waals surface area contributed by atoms with Crippen LogP contribution in [0.25, 0.3) is 6.08 Å². The highest BCUT2D eigenvalue weighted by Gasteiger charge is 2.27. The van der Waals surface area contributed by atoms with E-state index in [9.17, 15) is 14.4 Å². The van der Waals surface area contributed by atoms with Crippen LogP contribution in [0.4, 0.5) is 16.2 Å². The van der Waals surface area contributed by atoms with E-state index in [1.54, 1.807) is 24.4 Å². The van der Waals surface area contributed by atoms with Gasteiger partial charge in [0.15, 0.2) is 0 Å². The third-order valence-corrected chi connectivity index (χ3v) is 7.62. The summed E-state index contributed by atoms with van der Waals surface area (Å²) in [4.78, 5) is 49.9. The summed E-state index contributed by atoms with van der Waals surface area (Å²) in [6.07, 6.45) is 6.32. The average Bonchev–Trinajstić information content (AvgIpc) is 3.32. The number of amidine groups is 1. The van der Waals surface area contributed by atoms with Crippen molar-refractivity contribution in [2.75, 3.05) is 18.4 Å². The molecule has 10 nitrogen and oxygen atoms in total. The predicted octanol–water partition coefficient (Wildman–Crippen LogP) is 5.67. The summed E-state index contributed by atoms with van der Waals surface area (Å²) >= 11 is 0. The van der Waals surface area contributed by atoms with Gasteiger partial charge in [-0.05, 0) is 61.1 Å². The number of anilines is 1. The lowest BCUT2D eigenvalue weighted by Gasteiger charge is -2.22. The van der Waals surface area contributed by atoms with Crippen molar-refractivity contribution < 1.29 is 19.1 Å². The van der Waals surface area contributed by atoms with E-state index in [4.69, 9.17) is 10.5 Å². The smallest absolute Gasteiger partial charge is 0.407 e. The fraction of sp³-hybridized carbons (Fsp3) is 0.324. The lowest BCUT2D eigenvalue weighted by atomic mass is 10.0. The Morgan fingerprint density at radius 1 is 1.05 bits per heavy atom. The van der Waals surface area contributed by atoms with Crippen LogP contribution >= 0.6 is 0 Å². The lowest BCUT2D eigenvalue weighted by molar-refractivity contribution is -0.127. The first-order valence-electron chi connectivity index (χ1n) is 15.1. The third kappa shape index (κ3) is 7.31. The summed E-state index contributed by atoms with van der Waals surface area (Å²) in [6, 6.07) is 16.2. The van der Waals surface area contributed by atoms with E-state index >= 15 is 0 Å². The van der Waals surface area contributed by atoms with E-state index in [0.29, 0.717) is 54.3 Å². The standard InChI is InChI=1S/C34H38N6O4/c1-3-14-40(15-4-2)33(42)25-16-23-10-11-24(17-30(23)38-31(35)18-25)32(41)37-26-19-27-28(36-20-26)12-13-29(27)39-34(43)44-21-22-8-6-5-7-9-22/h5-11,16-17,19-20,29H,3-4,12-15,18,21H2,1-2H3,(H2,35,38)(H,37,41)(H,39,43). The maximum absolute atomic E-state index is 13.3. The first-order chi connectivity index (χ1) is 21.3. The molecule has 1 aliphatic carbocycles. The molecule has 3 aromatic rings. The Morgan fingerprint density at radius 3 is 2.57 bits per heavy atom. The molecule has 0 fully saturated rings. The van der Waals surface area contributed by atoms with Crippen LogP contribution < -0.4 is 16.4 Å². The Bertz CT molecular complexity index is 1590. The van der Waals surface area contributed by atoms with Crippen LogP contribution in [0, 0.1) is 0 Å². The number of nitrogens with zero attached hydrogens (tertiary/aromatic N) is 3. The van der Waals surface area contributed by atoms with Gasteiger partial charge in [0.25, 0.3) is 5.91 Å². The molecule has 5 rings (SSSR count). The number of benzene rings is 2. The molecular weight excluding hydrogens is 556 g/mol. The fourth-order valence-electron chi connectivity index (χ4n) is 5.51. The Balaban J connectivity index is 1.27. The molecule has 1 aliphatic heterocycles. The van der Waals surface area contributed by atoms with E-state index < -0.39 is 6.09 Å². The van der Waals surface area contributed by atoms with Gasteiger partial charge in [-0.1, -0.05) is 50.2 Å². The van der Waals surface area contributed by atoms with Crippen LogP contribution in [0.15, 0.2) is 71.4 Å². The minimum Gasteiger partial charge on any atom is -0.445 e. The average molecular weight is 595 g/mol. The molecule has 0 radical (unpaired) electrons. The molecule has 1 unspecified atom stereocenters. The van der Waals surface area contributed by atoms with Gasteiger partial charge in [0.05, 0.1) is 23.6 Å². The maximum atomic E-state index is 13.3. The Kier molecular flexibility index (Phi) is 9.69. The number of nitrogens with one attached hydrogen (secondary N) is 2. The van der Waals surface area contributed by atoms with Crippen molar-refractivity contribution in [2.45, 2.75) is 58.6 Å². The molecule has 1 atom stereocenters. The molecule has 44 heavy (non-hydrogen) atoms. The van der Waals surface area contributed by atoms with E-state index in [1.165, 1.54) is 0 Å². The molecule has 228 valence electrons. The summed E-state index contributed by atoms with van der Waals surface area (Å²) in [6.45, 7) is 5.64. The van der Waals surface area contributed by atoms with Gasteiger partial charge in [-0.25, -0.2) is 9.79 Å². The van der Waals surface area contributed by atoms with Crippen LogP contribution in [0.1, 0.15) is 78.3 Å². The zero-order valence-electron chi connectivity index (χ0n) is 25.1. The fourth-order valence-corrected chi connectivity index (χ4v) is 5.51. The molecule has 3 amide bonds. The number of carbonyl (C=O) groups is 3. The van der Waals surface area contributed by atoms with Crippen molar-refractivity contribution in [3.05, 3.63) is 94.3 Å². The number of amides is 3. The number of ether oxygens (including phenoxy) is 1. The summed E-state index contributed by atoms with van der Waals surface area (Å²) in [5, 5.41) is 5.83. The topological polar surface area (TPSA) is 139 Å². The normalized spacial score (nSPS) is 15.2. The highest BCUT2D eigenvalue weighted by Crippen LogP contribution is 2.32. The second-order valence-corrected chi connectivity index (χ2v) is 11.0. The number of alkyl carbamates (subject to hydrolysis) is 1. The number of aryl methyl sites for hydroxylation is 1. The third-order valence-electron chi connectivity index (χ3n) is 7.62. The van der Waals surface area contributed by atoms with Gasteiger partial charge in [0.1, 0.15) is 12.4 Å². The molecule has 0 saturated heterocycles. The van der Waals surface area contributed by atoms with Crippen molar-refractivity contribution in [3.8, 4) is 0 Å². The van der Waals surface area contributed by atoms with Crippen LogP contribution in [0.3, 0.4) is 0 Å². The summed E-state index contributed by atoms with van der Waals surface area (Å²) in [5.74, 6) is -0.0601. The first kappa shape index (κ1) is 30.5. The SMILES string of the molecule is CCCN(CCC)C(=O)C1=Cc2ccc(C(=O)Nc3cnc4c(c3)C(NC(=O)OCc3ccccc3)CC4)cc2N=C(N)C1. The minimum atomic E-state index is -0.506. The highest BCUT2D eigenvalue weighted by molar-refractivity contribution is 6.08. The van der Waals surface area contributed by atoms with E-state index in [-0.39, 0.29) is 30.9 Å². The van der Waals surface area contributed by atoms with Crippen molar-refractivity contribution in [1.29, 1.82) is 0 Å². The number of aromatic nitrogens is 1. The van der Waals surface area contributed by atoms with Gasteiger partial charge in [-0.15, -0.1) is 0 Å². The molecule has 0 bridgehead atoms. The summed E-state index contributed by atoms with van der Waals surface area (Å²) in [7, 11) is 0. The number of carbonyl (C=O) groups excluding carboxylic acids is 3. The molecule has 0 saturated carbocycles.